The Hall–Kier alpha value is -1.92. The van der Waals surface area contributed by atoms with Crippen LogP contribution in [0.5, 0.6) is 0 Å². The van der Waals surface area contributed by atoms with Gasteiger partial charge in [0.05, 0.1) is 19.1 Å². The maximum atomic E-state index is 12.5. The molecule has 2 saturated heterocycles. The zero-order chi connectivity index (χ0) is 17.6. The average molecular weight is 345 g/mol. The molecule has 1 atom stereocenters. The molecule has 6 nitrogen and oxygen atoms in total. The van der Waals surface area contributed by atoms with Crippen LogP contribution in [-0.4, -0.2) is 60.5 Å². The van der Waals surface area contributed by atoms with Crippen molar-refractivity contribution in [2.45, 2.75) is 31.9 Å². The summed E-state index contributed by atoms with van der Waals surface area (Å²) in [5.41, 5.74) is 6.63. The predicted molar refractivity (Wildman–Crippen MR) is 94.6 cm³/mol. The van der Waals surface area contributed by atoms with E-state index in [1.807, 2.05) is 23.1 Å². The molecule has 2 N–H and O–H groups in total. The third-order valence-corrected chi connectivity index (χ3v) is 5.12. The van der Waals surface area contributed by atoms with Crippen LogP contribution in [0.15, 0.2) is 30.3 Å². The lowest BCUT2D eigenvalue weighted by Gasteiger charge is -2.35. The summed E-state index contributed by atoms with van der Waals surface area (Å²) >= 11 is 0. The Morgan fingerprint density at radius 2 is 1.84 bits per heavy atom. The summed E-state index contributed by atoms with van der Waals surface area (Å²) in [4.78, 5) is 27.9. The van der Waals surface area contributed by atoms with Crippen LogP contribution >= 0.6 is 0 Å². The fourth-order valence-corrected chi connectivity index (χ4v) is 3.63. The number of hydrogen-bond donors (Lipinski definition) is 1. The van der Waals surface area contributed by atoms with E-state index in [2.05, 4.69) is 17.0 Å². The molecule has 0 radical (unpaired) electrons. The molecule has 136 valence electrons. The fourth-order valence-electron chi connectivity index (χ4n) is 3.63. The predicted octanol–water partition coefficient (Wildman–Crippen LogP) is 1.00. The van der Waals surface area contributed by atoms with E-state index >= 15 is 0 Å². The minimum Gasteiger partial charge on any atom is -0.375 e. The highest BCUT2D eigenvalue weighted by molar-refractivity contribution is 5.79. The molecule has 1 aromatic carbocycles. The van der Waals surface area contributed by atoms with Gasteiger partial charge in [0.2, 0.25) is 11.8 Å². The van der Waals surface area contributed by atoms with Crippen molar-refractivity contribution in [1.82, 2.24) is 9.80 Å². The lowest BCUT2D eigenvalue weighted by molar-refractivity contribution is -0.139. The molecule has 0 bridgehead atoms. The number of morpholine rings is 1. The van der Waals surface area contributed by atoms with Gasteiger partial charge in [-0.1, -0.05) is 30.3 Å². The van der Waals surface area contributed by atoms with Crippen LogP contribution in [0.3, 0.4) is 0 Å². The highest BCUT2D eigenvalue weighted by atomic mass is 16.5. The van der Waals surface area contributed by atoms with Crippen molar-refractivity contribution in [3.63, 3.8) is 0 Å². The van der Waals surface area contributed by atoms with E-state index in [0.717, 1.165) is 19.6 Å². The molecule has 2 heterocycles. The average Bonchev–Trinajstić information content (AvgIpc) is 2.63. The van der Waals surface area contributed by atoms with Gasteiger partial charge in [0.25, 0.3) is 0 Å². The number of likely N-dealkylation sites (tertiary alicyclic amines) is 1. The summed E-state index contributed by atoms with van der Waals surface area (Å²) in [5, 5.41) is 0. The second-order valence-corrected chi connectivity index (χ2v) is 6.98. The molecule has 0 saturated carbocycles. The summed E-state index contributed by atoms with van der Waals surface area (Å²) in [6.07, 6.45) is 1.70. The number of nitrogens with zero attached hydrogens (tertiary/aromatic N) is 2. The number of carbonyl (C=O) groups is 2. The van der Waals surface area contributed by atoms with Crippen LogP contribution in [0.2, 0.25) is 0 Å². The molecule has 2 aliphatic heterocycles. The van der Waals surface area contributed by atoms with E-state index in [9.17, 15) is 9.59 Å². The number of nitrogens with two attached hydrogens (primary N) is 1. The van der Waals surface area contributed by atoms with Crippen molar-refractivity contribution in [2.75, 3.05) is 32.8 Å². The summed E-state index contributed by atoms with van der Waals surface area (Å²) in [6, 6.07) is 10.4. The van der Waals surface area contributed by atoms with Crippen LogP contribution in [0.4, 0.5) is 0 Å². The summed E-state index contributed by atoms with van der Waals surface area (Å²) in [5.74, 6) is -0.218. The van der Waals surface area contributed by atoms with E-state index in [4.69, 9.17) is 10.5 Å². The van der Waals surface area contributed by atoms with Gasteiger partial charge in [-0.05, 0) is 18.4 Å². The van der Waals surface area contributed by atoms with Gasteiger partial charge in [0.1, 0.15) is 0 Å². The third kappa shape index (κ3) is 5.03. The van der Waals surface area contributed by atoms with Crippen LogP contribution < -0.4 is 5.73 Å². The van der Waals surface area contributed by atoms with Gasteiger partial charge in [-0.25, -0.2) is 0 Å². The van der Waals surface area contributed by atoms with Crippen LogP contribution in [-0.2, 0) is 20.9 Å². The quantitative estimate of drug-likeness (QED) is 0.864. The molecule has 2 fully saturated rings. The molecular formula is C19H27N3O3. The molecule has 0 aliphatic carbocycles. The van der Waals surface area contributed by atoms with E-state index in [-0.39, 0.29) is 23.8 Å². The lowest BCUT2D eigenvalue weighted by Crippen LogP contribution is -2.46. The molecule has 0 unspecified atom stereocenters. The van der Waals surface area contributed by atoms with Crippen molar-refractivity contribution in [3.8, 4) is 0 Å². The molecule has 1 aromatic rings. The molecule has 25 heavy (non-hydrogen) atoms. The van der Waals surface area contributed by atoms with Crippen molar-refractivity contribution in [3.05, 3.63) is 35.9 Å². The second kappa shape index (κ2) is 8.45. The number of carbonyl (C=O) groups excluding carboxylic acids is 2. The Labute approximate surface area is 148 Å². The number of primary amides is 1. The number of benzene rings is 1. The van der Waals surface area contributed by atoms with Crippen molar-refractivity contribution < 1.29 is 14.3 Å². The number of hydrogen-bond acceptors (Lipinski definition) is 4. The van der Waals surface area contributed by atoms with Crippen molar-refractivity contribution in [2.24, 2.45) is 11.7 Å². The monoisotopic (exact) mass is 345 g/mol. The fraction of sp³-hybridized carbons (Fsp3) is 0.579. The van der Waals surface area contributed by atoms with Gasteiger partial charge in [-0.3, -0.25) is 14.5 Å². The standard InChI is InChI=1S/C19H27N3O3/c20-19(24)16-6-8-22(9-7-16)18(23)12-17-14-21(10-11-25-17)13-15-4-2-1-3-5-15/h1-5,16-17H,6-14H2,(H2,20,24)/t17-/m0/s1. The highest BCUT2D eigenvalue weighted by Crippen LogP contribution is 2.19. The minimum absolute atomic E-state index is 0.0566. The Bertz CT molecular complexity index is 585. The minimum atomic E-state index is -0.251. The van der Waals surface area contributed by atoms with Crippen LogP contribution in [0.1, 0.15) is 24.8 Å². The summed E-state index contributed by atoms with van der Waals surface area (Å²) in [7, 11) is 0. The number of rotatable bonds is 5. The normalized spacial score (nSPS) is 22.7. The van der Waals surface area contributed by atoms with Gasteiger partial charge >= 0.3 is 0 Å². The van der Waals surface area contributed by atoms with E-state index in [1.54, 1.807) is 0 Å². The van der Waals surface area contributed by atoms with Gasteiger partial charge < -0.3 is 15.4 Å². The topological polar surface area (TPSA) is 75.9 Å². The zero-order valence-corrected chi connectivity index (χ0v) is 14.6. The maximum Gasteiger partial charge on any atom is 0.225 e. The molecule has 0 aromatic heterocycles. The Morgan fingerprint density at radius 3 is 2.52 bits per heavy atom. The first-order chi connectivity index (χ1) is 12.1. The first kappa shape index (κ1) is 17.9. The molecule has 3 rings (SSSR count). The van der Waals surface area contributed by atoms with Gasteiger partial charge in [0.15, 0.2) is 0 Å². The van der Waals surface area contributed by atoms with Gasteiger partial charge in [-0.15, -0.1) is 0 Å². The van der Waals surface area contributed by atoms with Crippen LogP contribution in [0.25, 0.3) is 0 Å². The SMILES string of the molecule is NC(=O)C1CCN(C(=O)C[C@H]2CN(Cc3ccccc3)CCO2)CC1. The molecule has 0 spiro atoms. The lowest BCUT2D eigenvalue weighted by atomic mass is 9.96. The van der Waals surface area contributed by atoms with Crippen LogP contribution in [0, 0.1) is 5.92 Å². The molecule has 2 amide bonds. The molecular weight excluding hydrogens is 318 g/mol. The van der Waals surface area contributed by atoms with E-state index < -0.39 is 0 Å². The van der Waals surface area contributed by atoms with Gasteiger partial charge in [0, 0.05) is 38.6 Å². The Kier molecular flexibility index (Phi) is 6.04. The van der Waals surface area contributed by atoms with E-state index in [1.165, 1.54) is 5.56 Å². The van der Waals surface area contributed by atoms with Crippen molar-refractivity contribution >= 4 is 11.8 Å². The maximum absolute atomic E-state index is 12.5. The number of piperidine rings is 1. The first-order valence-electron chi connectivity index (χ1n) is 9.07. The number of ether oxygens (including phenoxy) is 1. The third-order valence-electron chi connectivity index (χ3n) is 5.12. The zero-order valence-electron chi connectivity index (χ0n) is 14.6. The Balaban J connectivity index is 1.46. The van der Waals surface area contributed by atoms with E-state index in [0.29, 0.717) is 39.0 Å². The second-order valence-electron chi connectivity index (χ2n) is 6.98. The first-order valence-corrected chi connectivity index (χ1v) is 9.07. The summed E-state index contributed by atoms with van der Waals surface area (Å²) in [6.45, 7) is 4.45. The number of amides is 2. The Morgan fingerprint density at radius 1 is 1.12 bits per heavy atom. The smallest absolute Gasteiger partial charge is 0.225 e. The largest absolute Gasteiger partial charge is 0.375 e. The molecule has 2 aliphatic rings. The molecule has 6 heteroatoms. The van der Waals surface area contributed by atoms with Gasteiger partial charge in [-0.2, -0.15) is 0 Å². The summed E-state index contributed by atoms with van der Waals surface area (Å²) < 4.78 is 5.80. The highest BCUT2D eigenvalue weighted by Gasteiger charge is 2.29. The van der Waals surface area contributed by atoms with Crippen molar-refractivity contribution in [1.29, 1.82) is 0 Å².